The highest BCUT2D eigenvalue weighted by atomic mass is 19.1. The van der Waals surface area contributed by atoms with Crippen molar-refractivity contribution in [3.05, 3.63) is 35.6 Å². The Morgan fingerprint density at radius 2 is 1.95 bits per heavy atom. The molecule has 0 aromatic heterocycles. The summed E-state index contributed by atoms with van der Waals surface area (Å²) in [5.74, 6) is -1.12. The number of carbonyl (C=O) groups excluding carboxylic acids is 1. The highest BCUT2D eigenvalue weighted by Crippen LogP contribution is 2.23. The first-order chi connectivity index (χ1) is 9.99. The van der Waals surface area contributed by atoms with Gasteiger partial charge < -0.3 is 4.74 Å². The predicted molar refractivity (Wildman–Crippen MR) is 80.8 cm³/mol. The summed E-state index contributed by atoms with van der Waals surface area (Å²) < 4.78 is 19.0. The Hall–Kier alpha value is -1.42. The van der Waals surface area contributed by atoms with Crippen LogP contribution in [0.4, 0.5) is 4.39 Å². The zero-order valence-corrected chi connectivity index (χ0v) is 13.0. The maximum Gasteiger partial charge on any atom is 0.341 e. The number of benzene rings is 1. The standard InChI is InChI=1S/C17H24FNO2/c1-12-7-6-8-13(2)19(12)11-14(3)21-17(20)15-9-4-5-10-16(15)18/h4-5,9-10,12-14H,6-8,11H2,1-3H3/t12-,13-,14-/m1/s1. The van der Waals surface area contributed by atoms with Crippen molar-refractivity contribution >= 4 is 5.97 Å². The van der Waals surface area contributed by atoms with E-state index in [1.807, 2.05) is 6.92 Å². The zero-order valence-electron chi connectivity index (χ0n) is 13.0. The van der Waals surface area contributed by atoms with Crippen molar-refractivity contribution in [2.24, 2.45) is 0 Å². The third-order valence-electron chi connectivity index (χ3n) is 4.25. The van der Waals surface area contributed by atoms with Gasteiger partial charge in [0.15, 0.2) is 0 Å². The molecule has 0 saturated carbocycles. The summed E-state index contributed by atoms with van der Waals surface area (Å²) in [6.45, 7) is 6.98. The van der Waals surface area contributed by atoms with Gasteiger partial charge in [0.2, 0.25) is 0 Å². The van der Waals surface area contributed by atoms with Crippen molar-refractivity contribution in [3.63, 3.8) is 0 Å². The van der Waals surface area contributed by atoms with Gasteiger partial charge in [-0.15, -0.1) is 0 Å². The van der Waals surface area contributed by atoms with E-state index >= 15 is 0 Å². The van der Waals surface area contributed by atoms with Gasteiger partial charge in [-0.25, -0.2) is 9.18 Å². The molecule has 0 amide bonds. The van der Waals surface area contributed by atoms with Crippen LogP contribution in [0.2, 0.25) is 0 Å². The maximum atomic E-state index is 13.6. The van der Waals surface area contributed by atoms with Gasteiger partial charge in [-0.2, -0.15) is 0 Å². The van der Waals surface area contributed by atoms with E-state index in [4.69, 9.17) is 4.74 Å². The number of likely N-dealkylation sites (tertiary alicyclic amines) is 1. The van der Waals surface area contributed by atoms with Crippen molar-refractivity contribution in [3.8, 4) is 0 Å². The lowest BCUT2D eigenvalue weighted by molar-refractivity contribution is 0.00775. The molecule has 1 aromatic carbocycles. The number of nitrogens with zero attached hydrogens (tertiary/aromatic N) is 1. The Bertz CT molecular complexity index is 481. The summed E-state index contributed by atoms with van der Waals surface area (Å²) in [7, 11) is 0. The lowest BCUT2D eigenvalue weighted by Crippen LogP contribution is -2.47. The van der Waals surface area contributed by atoms with Crippen molar-refractivity contribution < 1.29 is 13.9 Å². The molecule has 1 aliphatic rings. The molecule has 1 fully saturated rings. The number of hydrogen-bond donors (Lipinski definition) is 0. The lowest BCUT2D eigenvalue weighted by Gasteiger charge is -2.40. The molecule has 0 unspecified atom stereocenters. The van der Waals surface area contributed by atoms with Gasteiger partial charge in [-0.05, 0) is 45.7 Å². The average Bonchev–Trinajstić information content (AvgIpc) is 2.43. The molecule has 0 spiro atoms. The number of hydrogen-bond acceptors (Lipinski definition) is 3. The van der Waals surface area contributed by atoms with E-state index in [2.05, 4.69) is 18.7 Å². The lowest BCUT2D eigenvalue weighted by atomic mass is 9.97. The second-order valence-corrected chi connectivity index (χ2v) is 6.02. The zero-order chi connectivity index (χ0) is 15.4. The molecule has 1 aliphatic heterocycles. The van der Waals surface area contributed by atoms with Crippen LogP contribution in [0.15, 0.2) is 24.3 Å². The molecule has 0 bridgehead atoms. The number of esters is 1. The minimum absolute atomic E-state index is 0.00379. The molecule has 21 heavy (non-hydrogen) atoms. The van der Waals surface area contributed by atoms with Crippen LogP contribution in [-0.4, -0.2) is 35.6 Å². The Kier molecular flexibility index (Phi) is 5.34. The van der Waals surface area contributed by atoms with E-state index in [1.54, 1.807) is 12.1 Å². The van der Waals surface area contributed by atoms with Gasteiger partial charge in [0.05, 0.1) is 5.56 Å². The first-order valence-corrected chi connectivity index (χ1v) is 7.70. The molecule has 1 saturated heterocycles. The molecule has 2 rings (SSSR count). The summed E-state index contributed by atoms with van der Waals surface area (Å²) in [5, 5.41) is 0. The first-order valence-electron chi connectivity index (χ1n) is 7.70. The summed E-state index contributed by atoms with van der Waals surface area (Å²) in [5.41, 5.74) is 0.00379. The van der Waals surface area contributed by atoms with E-state index in [0.29, 0.717) is 18.6 Å². The van der Waals surface area contributed by atoms with Crippen molar-refractivity contribution in [2.75, 3.05) is 6.54 Å². The van der Waals surface area contributed by atoms with Gasteiger partial charge in [0.1, 0.15) is 11.9 Å². The average molecular weight is 293 g/mol. The van der Waals surface area contributed by atoms with Gasteiger partial charge in [0.25, 0.3) is 0 Å². The summed E-state index contributed by atoms with van der Waals surface area (Å²) in [4.78, 5) is 14.4. The first kappa shape index (κ1) is 16.0. The van der Waals surface area contributed by atoms with E-state index in [9.17, 15) is 9.18 Å². The molecule has 3 nitrogen and oxygen atoms in total. The molecule has 0 aliphatic carbocycles. The van der Waals surface area contributed by atoms with Gasteiger partial charge in [-0.3, -0.25) is 4.90 Å². The molecule has 0 radical (unpaired) electrons. The molecule has 4 heteroatoms. The summed E-state index contributed by atoms with van der Waals surface area (Å²) in [6, 6.07) is 6.94. The van der Waals surface area contributed by atoms with Gasteiger partial charge in [-0.1, -0.05) is 18.6 Å². The van der Waals surface area contributed by atoms with E-state index < -0.39 is 11.8 Å². The van der Waals surface area contributed by atoms with E-state index in [-0.39, 0.29) is 11.7 Å². The van der Waals surface area contributed by atoms with Crippen LogP contribution in [0, 0.1) is 5.82 Å². The van der Waals surface area contributed by atoms with Gasteiger partial charge >= 0.3 is 5.97 Å². The fraction of sp³-hybridized carbons (Fsp3) is 0.588. The Morgan fingerprint density at radius 1 is 1.33 bits per heavy atom. The summed E-state index contributed by atoms with van der Waals surface area (Å²) in [6.07, 6.45) is 3.36. The molecule has 1 aromatic rings. The SMILES string of the molecule is C[C@H](CN1[C@H](C)CCC[C@H]1C)OC(=O)c1ccccc1F. The Balaban J connectivity index is 1.93. The highest BCUT2D eigenvalue weighted by Gasteiger charge is 2.27. The van der Waals surface area contributed by atoms with Crippen molar-refractivity contribution in [2.45, 2.75) is 58.2 Å². The Labute approximate surface area is 126 Å². The minimum atomic E-state index is -0.585. The minimum Gasteiger partial charge on any atom is -0.458 e. The maximum absolute atomic E-state index is 13.6. The molecular weight excluding hydrogens is 269 g/mol. The smallest absolute Gasteiger partial charge is 0.341 e. The normalized spacial score (nSPS) is 24.6. The predicted octanol–water partition coefficient (Wildman–Crippen LogP) is 3.63. The third kappa shape index (κ3) is 4.03. The number of halogens is 1. The van der Waals surface area contributed by atoms with Crippen LogP contribution < -0.4 is 0 Å². The topological polar surface area (TPSA) is 29.5 Å². The van der Waals surface area contributed by atoms with Crippen LogP contribution in [-0.2, 0) is 4.74 Å². The van der Waals surface area contributed by atoms with Crippen molar-refractivity contribution in [1.29, 1.82) is 0 Å². The van der Waals surface area contributed by atoms with Crippen LogP contribution in [0.1, 0.15) is 50.4 Å². The quantitative estimate of drug-likeness (QED) is 0.794. The second-order valence-electron chi connectivity index (χ2n) is 6.02. The molecule has 0 N–H and O–H groups in total. The largest absolute Gasteiger partial charge is 0.458 e. The molecule has 116 valence electrons. The van der Waals surface area contributed by atoms with Crippen molar-refractivity contribution in [1.82, 2.24) is 4.90 Å². The van der Waals surface area contributed by atoms with Crippen LogP contribution >= 0.6 is 0 Å². The molecular formula is C17H24FNO2. The third-order valence-corrected chi connectivity index (χ3v) is 4.25. The fourth-order valence-electron chi connectivity index (χ4n) is 3.04. The number of carbonyl (C=O) groups is 1. The second kappa shape index (κ2) is 7.03. The van der Waals surface area contributed by atoms with Crippen LogP contribution in [0.5, 0.6) is 0 Å². The van der Waals surface area contributed by atoms with Crippen LogP contribution in [0.3, 0.4) is 0 Å². The summed E-state index contributed by atoms with van der Waals surface area (Å²) >= 11 is 0. The molecule has 1 heterocycles. The fourth-order valence-corrected chi connectivity index (χ4v) is 3.04. The molecule has 3 atom stereocenters. The van der Waals surface area contributed by atoms with Gasteiger partial charge in [0, 0.05) is 18.6 Å². The monoisotopic (exact) mass is 293 g/mol. The number of piperidine rings is 1. The number of rotatable bonds is 4. The van der Waals surface area contributed by atoms with Crippen LogP contribution in [0.25, 0.3) is 0 Å². The Morgan fingerprint density at radius 3 is 2.57 bits per heavy atom. The van der Waals surface area contributed by atoms with E-state index in [1.165, 1.54) is 31.4 Å². The van der Waals surface area contributed by atoms with E-state index in [0.717, 1.165) is 0 Å². The highest BCUT2D eigenvalue weighted by molar-refractivity contribution is 5.89. The number of ether oxygens (including phenoxy) is 1.